The van der Waals surface area contributed by atoms with Crippen LogP contribution in [0.15, 0.2) is 18.7 Å². The van der Waals surface area contributed by atoms with Crippen LogP contribution in [0.2, 0.25) is 0 Å². The van der Waals surface area contributed by atoms with Crippen LogP contribution >= 0.6 is 0 Å². The van der Waals surface area contributed by atoms with Gasteiger partial charge in [-0.15, -0.1) is 0 Å². The molecule has 0 radical (unpaired) electrons. The number of rotatable bonds is 3. The number of H-pyrrole nitrogens is 1. The highest BCUT2D eigenvalue weighted by Crippen LogP contribution is 2.08. The molecule has 8 heteroatoms. The molecule has 0 unspecified atom stereocenters. The zero-order chi connectivity index (χ0) is 12.4. The Morgan fingerprint density at radius 3 is 2.88 bits per heavy atom. The maximum Gasteiger partial charge on any atom is 0.354 e. The van der Waals surface area contributed by atoms with Crippen LogP contribution in [-0.4, -0.2) is 36.7 Å². The maximum atomic E-state index is 11.7. The van der Waals surface area contributed by atoms with Crippen molar-refractivity contribution in [1.82, 2.24) is 19.7 Å². The minimum Gasteiger partial charge on any atom is -0.477 e. The number of hydrogen-bond acceptors (Lipinski definition) is 4. The van der Waals surface area contributed by atoms with Crippen molar-refractivity contribution < 1.29 is 14.7 Å². The van der Waals surface area contributed by atoms with Gasteiger partial charge in [-0.2, -0.15) is 5.10 Å². The molecule has 17 heavy (non-hydrogen) atoms. The summed E-state index contributed by atoms with van der Waals surface area (Å²) < 4.78 is 1.51. The number of imidazole rings is 1. The van der Waals surface area contributed by atoms with Gasteiger partial charge >= 0.3 is 5.97 Å². The predicted molar refractivity (Wildman–Crippen MR) is 56.7 cm³/mol. The lowest BCUT2D eigenvalue weighted by molar-refractivity contribution is 0.0686. The Kier molecular flexibility index (Phi) is 2.61. The molecule has 0 aliphatic carbocycles. The summed E-state index contributed by atoms with van der Waals surface area (Å²) in [6.07, 6.45) is 4.19. The van der Waals surface area contributed by atoms with E-state index in [2.05, 4.69) is 20.4 Å². The molecule has 0 spiro atoms. The molecule has 0 aliphatic heterocycles. The molecular formula is C9H9N5O3. The summed E-state index contributed by atoms with van der Waals surface area (Å²) >= 11 is 0. The Morgan fingerprint density at radius 2 is 2.29 bits per heavy atom. The normalized spacial score (nSPS) is 10.2. The first-order valence-corrected chi connectivity index (χ1v) is 4.64. The van der Waals surface area contributed by atoms with Crippen molar-refractivity contribution in [1.29, 1.82) is 0 Å². The van der Waals surface area contributed by atoms with E-state index in [1.165, 1.54) is 10.9 Å². The van der Waals surface area contributed by atoms with E-state index in [1.54, 1.807) is 13.2 Å². The molecule has 2 heterocycles. The molecule has 0 aromatic carbocycles. The summed E-state index contributed by atoms with van der Waals surface area (Å²) in [5.41, 5.74) is 0.0598. The first kappa shape index (κ1) is 10.9. The van der Waals surface area contributed by atoms with Gasteiger partial charge in [0.25, 0.3) is 5.91 Å². The number of nitrogens with zero attached hydrogens (tertiary/aromatic N) is 3. The van der Waals surface area contributed by atoms with Gasteiger partial charge in [0.15, 0.2) is 11.4 Å². The van der Waals surface area contributed by atoms with Gasteiger partial charge in [-0.1, -0.05) is 0 Å². The van der Waals surface area contributed by atoms with Crippen molar-refractivity contribution in [3.63, 3.8) is 0 Å². The third-order valence-electron chi connectivity index (χ3n) is 2.03. The quantitative estimate of drug-likeness (QED) is 0.698. The number of nitrogens with one attached hydrogen (secondary N) is 2. The fourth-order valence-electron chi connectivity index (χ4n) is 1.31. The molecule has 3 N–H and O–H groups in total. The van der Waals surface area contributed by atoms with E-state index < -0.39 is 11.9 Å². The Morgan fingerprint density at radius 1 is 1.53 bits per heavy atom. The zero-order valence-electron chi connectivity index (χ0n) is 8.84. The smallest absolute Gasteiger partial charge is 0.354 e. The molecule has 2 rings (SSSR count). The number of carboxylic acids is 1. The highest BCUT2D eigenvalue weighted by atomic mass is 16.4. The van der Waals surface area contributed by atoms with Crippen molar-refractivity contribution in [2.45, 2.75) is 0 Å². The number of carbonyl (C=O) groups excluding carboxylic acids is 1. The number of amides is 1. The number of aromatic carboxylic acids is 1. The molecule has 2 aromatic heterocycles. The van der Waals surface area contributed by atoms with Gasteiger partial charge in [0.05, 0.1) is 18.2 Å². The lowest BCUT2D eigenvalue weighted by atomic mass is 10.3. The van der Waals surface area contributed by atoms with Crippen LogP contribution in [0.4, 0.5) is 5.69 Å². The van der Waals surface area contributed by atoms with Crippen LogP contribution in [0.5, 0.6) is 0 Å². The van der Waals surface area contributed by atoms with E-state index in [1.807, 2.05) is 0 Å². The van der Waals surface area contributed by atoms with E-state index in [9.17, 15) is 9.59 Å². The Hall–Kier alpha value is -2.64. The molecule has 0 bridgehead atoms. The minimum absolute atomic E-state index is 0.165. The van der Waals surface area contributed by atoms with Crippen LogP contribution in [0, 0.1) is 0 Å². The van der Waals surface area contributed by atoms with Crippen LogP contribution in [0.25, 0.3) is 0 Å². The van der Waals surface area contributed by atoms with E-state index in [0.717, 1.165) is 6.33 Å². The number of aryl methyl sites for hydroxylation is 1. The first-order valence-electron chi connectivity index (χ1n) is 4.64. The van der Waals surface area contributed by atoms with Crippen molar-refractivity contribution in [3.8, 4) is 0 Å². The van der Waals surface area contributed by atoms with E-state index >= 15 is 0 Å². The molecule has 88 valence electrons. The predicted octanol–water partition coefficient (Wildman–Crippen LogP) is 0.0937. The summed E-state index contributed by atoms with van der Waals surface area (Å²) in [4.78, 5) is 28.5. The van der Waals surface area contributed by atoms with Gasteiger partial charge in [0.1, 0.15) is 0 Å². The average Bonchev–Trinajstić information content (AvgIpc) is 2.86. The molecule has 0 fully saturated rings. The molecule has 2 aromatic rings. The van der Waals surface area contributed by atoms with Crippen molar-refractivity contribution in [2.24, 2.45) is 7.05 Å². The largest absolute Gasteiger partial charge is 0.477 e. The number of aromatic amines is 1. The van der Waals surface area contributed by atoms with Crippen molar-refractivity contribution in [3.05, 3.63) is 30.1 Å². The van der Waals surface area contributed by atoms with Gasteiger partial charge in [-0.3, -0.25) is 9.48 Å². The number of aromatic nitrogens is 4. The second-order valence-corrected chi connectivity index (χ2v) is 3.29. The number of hydrogen-bond donors (Lipinski definition) is 3. The van der Waals surface area contributed by atoms with Crippen LogP contribution in [0.1, 0.15) is 21.0 Å². The Bertz CT molecular complexity index is 571. The van der Waals surface area contributed by atoms with E-state index in [4.69, 9.17) is 5.11 Å². The molecule has 0 atom stereocenters. The maximum absolute atomic E-state index is 11.7. The number of carboxylic acid groups (broad SMARTS) is 1. The standard InChI is InChI=1S/C9H9N5O3/c1-14-3-5(2-12-14)13-8(15)6-7(9(16)17)11-4-10-6/h2-4H,1H3,(H,10,11)(H,13,15)(H,16,17). The number of carbonyl (C=O) groups is 2. The van der Waals surface area contributed by atoms with E-state index in [-0.39, 0.29) is 11.4 Å². The summed E-state index contributed by atoms with van der Waals surface area (Å²) in [7, 11) is 1.70. The second-order valence-electron chi connectivity index (χ2n) is 3.29. The Labute approximate surface area is 95.3 Å². The molecule has 8 nitrogen and oxygen atoms in total. The number of anilines is 1. The topological polar surface area (TPSA) is 113 Å². The summed E-state index contributed by atoms with van der Waals surface area (Å²) in [5, 5.41) is 15.2. The summed E-state index contributed by atoms with van der Waals surface area (Å²) in [6, 6.07) is 0. The monoisotopic (exact) mass is 235 g/mol. The average molecular weight is 235 g/mol. The lowest BCUT2D eigenvalue weighted by Gasteiger charge is -1.99. The Balaban J connectivity index is 2.20. The van der Waals surface area contributed by atoms with Gasteiger partial charge < -0.3 is 15.4 Å². The second kappa shape index (κ2) is 4.08. The molecule has 0 saturated carbocycles. The first-order chi connectivity index (χ1) is 8.08. The van der Waals surface area contributed by atoms with Crippen LogP contribution < -0.4 is 5.32 Å². The van der Waals surface area contributed by atoms with Gasteiger partial charge in [0.2, 0.25) is 0 Å². The van der Waals surface area contributed by atoms with Gasteiger partial charge in [0, 0.05) is 13.2 Å². The van der Waals surface area contributed by atoms with Crippen LogP contribution in [0.3, 0.4) is 0 Å². The summed E-state index contributed by atoms with van der Waals surface area (Å²) in [5.74, 6) is -1.84. The third kappa shape index (κ3) is 2.14. The fraction of sp³-hybridized carbons (Fsp3) is 0.111. The molecule has 1 amide bonds. The van der Waals surface area contributed by atoms with E-state index in [0.29, 0.717) is 5.69 Å². The van der Waals surface area contributed by atoms with Crippen molar-refractivity contribution >= 4 is 17.6 Å². The molecule has 0 saturated heterocycles. The van der Waals surface area contributed by atoms with Crippen LogP contribution in [-0.2, 0) is 7.05 Å². The van der Waals surface area contributed by atoms with Crippen molar-refractivity contribution in [2.75, 3.05) is 5.32 Å². The van der Waals surface area contributed by atoms with Gasteiger partial charge in [-0.25, -0.2) is 9.78 Å². The molecular weight excluding hydrogens is 226 g/mol. The summed E-state index contributed by atoms with van der Waals surface area (Å²) in [6.45, 7) is 0. The SMILES string of the molecule is Cn1cc(NC(=O)c2nc[nH]c2C(=O)O)cn1. The minimum atomic E-state index is -1.24. The third-order valence-corrected chi connectivity index (χ3v) is 2.03. The lowest BCUT2D eigenvalue weighted by Crippen LogP contribution is -2.16. The fourth-order valence-corrected chi connectivity index (χ4v) is 1.31. The highest BCUT2D eigenvalue weighted by molar-refractivity contribution is 6.08. The van der Waals surface area contributed by atoms with Gasteiger partial charge in [-0.05, 0) is 0 Å². The highest BCUT2D eigenvalue weighted by Gasteiger charge is 2.19. The zero-order valence-corrected chi connectivity index (χ0v) is 8.84. The molecule has 0 aliphatic rings.